The van der Waals surface area contributed by atoms with Gasteiger partial charge in [-0.05, 0) is 63.5 Å². The van der Waals surface area contributed by atoms with Gasteiger partial charge in [-0.15, -0.1) is 0 Å². The van der Waals surface area contributed by atoms with Crippen molar-refractivity contribution in [2.45, 2.75) is 46.6 Å². The quantitative estimate of drug-likeness (QED) is 0.487. The minimum Gasteiger partial charge on any atom is -0.489 e. The van der Waals surface area contributed by atoms with Crippen molar-refractivity contribution in [3.8, 4) is 11.5 Å². The number of halogens is 2. The second kappa shape index (κ2) is 9.82. The van der Waals surface area contributed by atoms with Crippen LogP contribution in [-0.2, 0) is 11.3 Å². The Labute approximate surface area is 154 Å². The molecule has 0 bridgehead atoms. The number of benzene rings is 1. The first-order valence-corrected chi connectivity index (χ1v) is 8.51. The summed E-state index contributed by atoms with van der Waals surface area (Å²) in [5.74, 6) is 1.56. The van der Waals surface area contributed by atoms with E-state index in [4.69, 9.17) is 37.5 Å². The van der Waals surface area contributed by atoms with Gasteiger partial charge >= 0.3 is 0 Å². The summed E-state index contributed by atoms with van der Waals surface area (Å²) in [6, 6.07) is 3.86. The summed E-state index contributed by atoms with van der Waals surface area (Å²) >= 11 is 11.1. The minimum absolute atomic E-state index is 0.192. The number of hydrogen-bond donors (Lipinski definition) is 1. The Morgan fingerprint density at radius 2 is 1.96 bits per heavy atom. The van der Waals surface area contributed by atoms with Crippen LogP contribution in [0.25, 0.3) is 0 Å². The molecule has 0 saturated carbocycles. The summed E-state index contributed by atoms with van der Waals surface area (Å²) in [6.07, 6.45) is 5.59. The summed E-state index contributed by atoms with van der Waals surface area (Å²) < 4.78 is 11.6. The van der Waals surface area contributed by atoms with Crippen LogP contribution in [0.15, 0.2) is 35.2 Å². The predicted octanol–water partition coefficient (Wildman–Crippen LogP) is 5.42. The maximum Gasteiger partial charge on any atom is 0.132 e. The van der Waals surface area contributed by atoms with Gasteiger partial charge in [-0.2, -0.15) is 0 Å². The normalized spacial score (nSPS) is 11.5. The standard InChI is InChI=1S/C18H25Cl2NO3/c1-6-14-12-15(22-9-7-16(19)20)11-13(2)17(14)23-10-8-21-24-18(3,4)5/h7-8,10-12,21H,6,9H2,1-5H3. The molecule has 0 unspecified atom stereocenters. The largest absolute Gasteiger partial charge is 0.489 e. The number of rotatable bonds is 8. The fraction of sp³-hybridized carbons (Fsp3) is 0.444. The van der Waals surface area contributed by atoms with E-state index in [-0.39, 0.29) is 10.1 Å². The van der Waals surface area contributed by atoms with Gasteiger partial charge in [-0.25, -0.2) is 0 Å². The molecule has 1 aromatic carbocycles. The van der Waals surface area contributed by atoms with E-state index in [2.05, 4.69) is 12.4 Å². The molecule has 1 rings (SSSR count). The number of ether oxygens (including phenoxy) is 2. The molecule has 1 aromatic rings. The first kappa shape index (κ1) is 20.7. The molecule has 0 radical (unpaired) electrons. The lowest BCUT2D eigenvalue weighted by Gasteiger charge is -2.18. The van der Waals surface area contributed by atoms with Crippen LogP contribution in [0.3, 0.4) is 0 Å². The van der Waals surface area contributed by atoms with Crippen molar-refractivity contribution in [3.05, 3.63) is 46.3 Å². The lowest BCUT2D eigenvalue weighted by molar-refractivity contribution is -0.0527. The molecule has 0 aliphatic carbocycles. The van der Waals surface area contributed by atoms with Gasteiger partial charge < -0.3 is 9.47 Å². The van der Waals surface area contributed by atoms with E-state index >= 15 is 0 Å². The molecule has 4 nitrogen and oxygen atoms in total. The van der Waals surface area contributed by atoms with Crippen molar-refractivity contribution in [2.24, 2.45) is 0 Å². The lowest BCUT2D eigenvalue weighted by Crippen LogP contribution is -2.25. The number of nitrogens with one attached hydrogen (secondary N) is 1. The molecule has 0 spiro atoms. The van der Waals surface area contributed by atoms with Gasteiger partial charge in [0.25, 0.3) is 0 Å². The molecule has 0 aromatic heterocycles. The minimum atomic E-state index is -0.270. The SMILES string of the molecule is CCc1cc(OCC=C(Cl)Cl)cc(C)c1OC=CNOC(C)(C)C. The molecular formula is C18H25Cl2NO3. The third kappa shape index (κ3) is 7.95. The Balaban J connectivity index is 2.73. The fourth-order valence-electron chi connectivity index (χ4n) is 1.87. The first-order chi connectivity index (χ1) is 11.2. The van der Waals surface area contributed by atoms with Crippen LogP contribution in [0, 0.1) is 6.92 Å². The topological polar surface area (TPSA) is 39.7 Å². The Hall–Kier alpha value is -1.36. The van der Waals surface area contributed by atoms with Gasteiger partial charge in [0.05, 0.1) is 11.8 Å². The summed E-state index contributed by atoms with van der Waals surface area (Å²) in [5.41, 5.74) is 4.50. The zero-order valence-electron chi connectivity index (χ0n) is 14.8. The Bertz CT molecular complexity index is 589. The molecule has 24 heavy (non-hydrogen) atoms. The summed E-state index contributed by atoms with van der Waals surface area (Å²) in [6.45, 7) is 10.2. The van der Waals surface area contributed by atoms with Crippen molar-refractivity contribution in [1.82, 2.24) is 5.48 Å². The van der Waals surface area contributed by atoms with Gasteiger partial charge in [0.1, 0.15) is 28.9 Å². The average molecular weight is 374 g/mol. The van der Waals surface area contributed by atoms with E-state index in [1.807, 2.05) is 39.8 Å². The average Bonchev–Trinajstić information content (AvgIpc) is 2.46. The second-order valence-electron chi connectivity index (χ2n) is 6.14. The van der Waals surface area contributed by atoms with Crippen LogP contribution in [0.4, 0.5) is 0 Å². The highest BCUT2D eigenvalue weighted by Gasteiger charge is 2.10. The molecule has 0 saturated heterocycles. The van der Waals surface area contributed by atoms with Crippen molar-refractivity contribution in [2.75, 3.05) is 6.61 Å². The third-order valence-electron chi connectivity index (χ3n) is 2.88. The van der Waals surface area contributed by atoms with E-state index in [1.165, 1.54) is 0 Å². The molecule has 0 atom stereocenters. The van der Waals surface area contributed by atoms with Crippen LogP contribution < -0.4 is 15.0 Å². The van der Waals surface area contributed by atoms with Gasteiger partial charge in [0.15, 0.2) is 0 Å². The fourth-order valence-corrected chi connectivity index (χ4v) is 1.99. The van der Waals surface area contributed by atoms with Crippen molar-refractivity contribution >= 4 is 23.2 Å². The van der Waals surface area contributed by atoms with Crippen LogP contribution in [0.1, 0.15) is 38.8 Å². The smallest absolute Gasteiger partial charge is 0.132 e. The lowest BCUT2D eigenvalue weighted by atomic mass is 10.1. The van der Waals surface area contributed by atoms with Crippen LogP contribution >= 0.6 is 23.2 Å². The molecule has 1 N–H and O–H groups in total. The van der Waals surface area contributed by atoms with Gasteiger partial charge in [-0.1, -0.05) is 30.1 Å². The summed E-state index contributed by atoms with van der Waals surface area (Å²) in [5, 5.41) is 0. The highest BCUT2D eigenvalue weighted by atomic mass is 35.5. The van der Waals surface area contributed by atoms with E-state index in [9.17, 15) is 0 Å². The van der Waals surface area contributed by atoms with Gasteiger partial charge in [-0.3, -0.25) is 10.3 Å². The Kier molecular flexibility index (Phi) is 8.46. The van der Waals surface area contributed by atoms with E-state index in [1.54, 1.807) is 18.5 Å². The zero-order valence-corrected chi connectivity index (χ0v) is 16.3. The van der Waals surface area contributed by atoms with Gasteiger partial charge in [0.2, 0.25) is 0 Å². The highest BCUT2D eigenvalue weighted by Crippen LogP contribution is 2.30. The van der Waals surface area contributed by atoms with Crippen molar-refractivity contribution < 1.29 is 14.3 Å². The molecular weight excluding hydrogens is 349 g/mol. The molecule has 0 fully saturated rings. The Morgan fingerprint density at radius 3 is 2.54 bits per heavy atom. The first-order valence-electron chi connectivity index (χ1n) is 7.75. The van der Waals surface area contributed by atoms with Gasteiger partial charge in [0, 0.05) is 0 Å². The summed E-state index contributed by atoms with van der Waals surface area (Å²) in [4.78, 5) is 5.37. The summed E-state index contributed by atoms with van der Waals surface area (Å²) in [7, 11) is 0. The van der Waals surface area contributed by atoms with Crippen LogP contribution in [0.2, 0.25) is 0 Å². The van der Waals surface area contributed by atoms with Crippen molar-refractivity contribution in [3.63, 3.8) is 0 Å². The molecule has 6 heteroatoms. The number of aryl methyl sites for hydroxylation is 2. The van der Waals surface area contributed by atoms with Crippen LogP contribution in [-0.4, -0.2) is 12.2 Å². The molecule has 0 aliphatic heterocycles. The highest BCUT2D eigenvalue weighted by molar-refractivity contribution is 6.55. The van der Waals surface area contributed by atoms with Crippen LogP contribution in [0.5, 0.6) is 11.5 Å². The third-order valence-corrected chi connectivity index (χ3v) is 3.19. The number of hydroxylamine groups is 1. The van der Waals surface area contributed by atoms with Crippen molar-refractivity contribution in [1.29, 1.82) is 0 Å². The molecule has 0 amide bonds. The molecule has 0 aliphatic rings. The Morgan fingerprint density at radius 1 is 1.25 bits per heavy atom. The second-order valence-corrected chi connectivity index (χ2v) is 7.15. The maximum atomic E-state index is 5.74. The zero-order chi connectivity index (χ0) is 18.2. The van der Waals surface area contributed by atoms with E-state index < -0.39 is 0 Å². The van der Waals surface area contributed by atoms with E-state index in [0.29, 0.717) is 6.61 Å². The predicted molar refractivity (Wildman–Crippen MR) is 99.6 cm³/mol. The maximum absolute atomic E-state index is 5.74. The monoisotopic (exact) mass is 373 g/mol. The number of hydrogen-bond acceptors (Lipinski definition) is 4. The molecule has 0 heterocycles. The molecule has 134 valence electrons. The van der Waals surface area contributed by atoms with E-state index in [0.717, 1.165) is 29.0 Å².